The molecule has 1 rings (SSSR count). The van der Waals surface area contributed by atoms with Gasteiger partial charge in [-0.3, -0.25) is 4.79 Å². The monoisotopic (exact) mass is 292 g/mol. The first-order valence-corrected chi connectivity index (χ1v) is 6.56. The molecule has 0 saturated carbocycles. The van der Waals surface area contributed by atoms with Gasteiger partial charge in [0.2, 0.25) is 0 Å². The Balaban J connectivity index is 2.75. The van der Waals surface area contributed by atoms with Crippen LogP contribution in [0.2, 0.25) is 0 Å². The Labute approximate surface area is 113 Å². The number of nitrogens with one attached hydrogen (secondary N) is 1. The number of rotatable bonds is 6. The summed E-state index contributed by atoms with van der Waals surface area (Å²) in [6.45, 7) is 2.89. The van der Waals surface area contributed by atoms with Gasteiger partial charge in [0.15, 0.2) is 0 Å². The average molecular weight is 292 g/mol. The number of carbonyl (C=O) groups is 2. The number of amides is 1. The van der Waals surface area contributed by atoms with Gasteiger partial charge >= 0.3 is 17.8 Å². The fourth-order valence-corrected chi connectivity index (χ4v) is 2.08. The zero-order valence-electron chi connectivity index (χ0n) is 10.5. The minimum atomic E-state index is -4.19. The second kappa shape index (κ2) is 6.55. The fraction of sp³-hybridized carbons (Fsp3) is 0.545. The summed E-state index contributed by atoms with van der Waals surface area (Å²) in [5.41, 5.74) is 0. The van der Waals surface area contributed by atoms with E-state index < -0.39 is 23.8 Å². The lowest BCUT2D eigenvalue weighted by Crippen LogP contribution is -2.47. The summed E-state index contributed by atoms with van der Waals surface area (Å²) in [6.07, 6.45) is 1.90. The van der Waals surface area contributed by atoms with Gasteiger partial charge in [-0.15, -0.1) is 11.3 Å². The highest BCUT2D eigenvalue weighted by molar-refractivity contribution is 7.09. The van der Waals surface area contributed by atoms with Crippen molar-refractivity contribution in [3.63, 3.8) is 0 Å². The molecule has 0 aliphatic heterocycles. The summed E-state index contributed by atoms with van der Waals surface area (Å²) in [4.78, 5) is 26.4. The normalized spacial score (nSPS) is 12.8. The molecule has 0 radical (unpaired) electrons. The van der Waals surface area contributed by atoms with E-state index in [1.54, 1.807) is 12.3 Å². The van der Waals surface area contributed by atoms with E-state index in [4.69, 9.17) is 0 Å². The Morgan fingerprint density at radius 1 is 1.53 bits per heavy atom. The van der Waals surface area contributed by atoms with Crippen molar-refractivity contribution in [1.82, 2.24) is 10.3 Å². The molecule has 1 N–H and O–H groups in total. The Morgan fingerprint density at radius 2 is 2.21 bits per heavy atom. The first kappa shape index (κ1) is 15.5. The predicted molar refractivity (Wildman–Crippen MR) is 64.9 cm³/mol. The van der Waals surface area contributed by atoms with Crippen LogP contribution in [-0.4, -0.2) is 29.4 Å². The third-order valence-electron chi connectivity index (χ3n) is 2.28. The molecule has 0 bridgehead atoms. The second-order valence-corrected chi connectivity index (χ2v) is 4.53. The molecular formula is C11H14F2N2O3S. The van der Waals surface area contributed by atoms with Crippen molar-refractivity contribution in [2.75, 3.05) is 6.61 Å². The smallest absolute Gasteiger partial charge is 0.418 e. The molecule has 5 nitrogen and oxygen atoms in total. The molecule has 0 aliphatic carbocycles. The minimum absolute atomic E-state index is 0.217. The van der Waals surface area contributed by atoms with Gasteiger partial charge in [-0.1, -0.05) is 6.92 Å². The lowest BCUT2D eigenvalue weighted by atomic mass is 10.2. The van der Waals surface area contributed by atoms with E-state index in [0.29, 0.717) is 11.4 Å². The van der Waals surface area contributed by atoms with Crippen molar-refractivity contribution in [3.05, 3.63) is 16.6 Å². The summed E-state index contributed by atoms with van der Waals surface area (Å²) < 4.78 is 31.0. The van der Waals surface area contributed by atoms with E-state index in [0.717, 1.165) is 0 Å². The summed E-state index contributed by atoms with van der Waals surface area (Å²) in [7, 11) is 0. The Kier molecular flexibility index (Phi) is 5.34. The number of thiazole rings is 1. The zero-order valence-corrected chi connectivity index (χ0v) is 11.3. The quantitative estimate of drug-likeness (QED) is 0.642. The fourth-order valence-electron chi connectivity index (χ4n) is 1.31. The summed E-state index contributed by atoms with van der Waals surface area (Å²) >= 11 is 1.24. The van der Waals surface area contributed by atoms with Gasteiger partial charge in [0, 0.05) is 11.6 Å². The number of ether oxygens (including phenoxy) is 1. The lowest BCUT2D eigenvalue weighted by molar-refractivity contribution is -0.177. The molecule has 1 aromatic rings. The number of hydrogen-bond donors (Lipinski definition) is 1. The molecule has 0 fully saturated rings. The van der Waals surface area contributed by atoms with Crippen molar-refractivity contribution >= 4 is 23.2 Å². The molecule has 1 aromatic heterocycles. The van der Waals surface area contributed by atoms with Gasteiger partial charge in [0.25, 0.3) is 0 Å². The maximum absolute atomic E-state index is 13.4. The van der Waals surface area contributed by atoms with E-state index in [1.807, 2.05) is 0 Å². The van der Waals surface area contributed by atoms with Gasteiger partial charge in [-0.25, -0.2) is 9.78 Å². The summed E-state index contributed by atoms with van der Waals surface area (Å²) in [5.74, 6) is -7.71. The van der Waals surface area contributed by atoms with Crippen LogP contribution in [0.3, 0.4) is 0 Å². The van der Waals surface area contributed by atoms with E-state index in [-0.39, 0.29) is 6.61 Å². The van der Waals surface area contributed by atoms with Crippen LogP contribution in [0.5, 0.6) is 0 Å². The molecule has 1 amide bonds. The maximum Gasteiger partial charge on any atom is 0.418 e. The van der Waals surface area contributed by atoms with Crippen LogP contribution in [0.25, 0.3) is 0 Å². The van der Waals surface area contributed by atoms with Crippen LogP contribution in [0.15, 0.2) is 11.6 Å². The van der Waals surface area contributed by atoms with Crippen LogP contribution in [0.1, 0.15) is 31.3 Å². The molecule has 106 valence electrons. The van der Waals surface area contributed by atoms with E-state index in [9.17, 15) is 18.4 Å². The first-order valence-electron chi connectivity index (χ1n) is 5.68. The standard InChI is InChI=1S/C11H14F2N2O3S/c1-3-7(8-14-5-6-19-8)15-9(16)11(12,13)10(17)18-4-2/h5-7H,3-4H2,1-2H3,(H,15,16). The van der Waals surface area contributed by atoms with Gasteiger partial charge in [0.05, 0.1) is 12.6 Å². The number of esters is 1. The van der Waals surface area contributed by atoms with Gasteiger partial charge in [-0.05, 0) is 13.3 Å². The minimum Gasteiger partial charge on any atom is -0.461 e. The van der Waals surface area contributed by atoms with Crippen molar-refractivity contribution in [3.8, 4) is 0 Å². The van der Waals surface area contributed by atoms with Crippen LogP contribution >= 0.6 is 11.3 Å². The highest BCUT2D eigenvalue weighted by Gasteiger charge is 2.49. The highest BCUT2D eigenvalue weighted by atomic mass is 32.1. The van der Waals surface area contributed by atoms with Crippen LogP contribution in [0.4, 0.5) is 8.78 Å². The van der Waals surface area contributed by atoms with E-state index >= 15 is 0 Å². The number of carbonyl (C=O) groups excluding carboxylic acids is 2. The SMILES string of the molecule is CCOC(=O)C(F)(F)C(=O)NC(CC)c1nccs1. The van der Waals surface area contributed by atoms with Crippen molar-refractivity contribution in [2.45, 2.75) is 32.2 Å². The number of halogens is 2. The Bertz CT molecular complexity index is 437. The number of aromatic nitrogens is 1. The van der Waals surface area contributed by atoms with E-state index in [2.05, 4.69) is 15.0 Å². The van der Waals surface area contributed by atoms with Crippen molar-refractivity contribution in [1.29, 1.82) is 0 Å². The average Bonchev–Trinajstić information content (AvgIpc) is 2.89. The van der Waals surface area contributed by atoms with Crippen molar-refractivity contribution < 1.29 is 23.1 Å². The third kappa shape index (κ3) is 3.69. The van der Waals surface area contributed by atoms with Gasteiger partial charge in [0.1, 0.15) is 5.01 Å². The van der Waals surface area contributed by atoms with Crippen LogP contribution in [-0.2, 0) is 14.3 Å². The topological polar surface area (TPSA) is 68.3 Å². The number of nitrogens with zero attached hydrogens (tertiary/aromatic N) is 1. The third-order valence-corrected chi connectivity index (χ3v) is 3.17. The summed E-state index contributed by atoms with van der Waals surface area (Å²) in [5, 5.41) is 4.29. The second-order valence-electron chi connectivity index (χ2n) is 3.60. The molecule has 0 saturated heterocycles. The number of hydrogen-bond acceptors (Lipinski definition) is 5. The maximum atomic E-state index is 13.4. The van der Waals surface area contributed by atoms with Crippen LogP contribution in [0, 0.1) is 0 Å². The van der Waals surface area contributed by atoms with Gasteiger partial charge in [-0.2, -0.15) is 8.78 Å². The molecule has 0 aliphatic rings. The molecular weight excluding hydrogens is 278 g/mol. The molecule has 1 heterocycles. The molecule has 8 heteroatoms. The molecule has 0 aromatic carbocycles. The molecule has 0 spiro atoms. The zero-order chi connectivity index (χ0) is 14.5. The lowest BCUT2D eigenvalue weighted by Gasteiger charge is -2.18. The Hall–Kier alpha value is -1.57. The molecule has 1 unspecified atom stereocenters. The molecule has 19 heavy (non-hydrogen) atoms. The Morgan fingerprint density at radius 3 is 2.68 bits per heavy atom. The van der Waals surface area contributed by atoms with Crippen LogP contribution < -0.4 is 5.32 Å². The molecule has 1 atom stereocenters. The van der Waals surface area contributed by atoms with Gasteiger partial charge < -0.3 is 10.1 Å². The predicted octanol–water partition coefficient (Wildman–Crippen LogP) is 1.91. The summed E-state index contributed by atoms with van der Waals surface area (Å²) in [6, 6.07) is -0.646. The highest BCUT2D eigenvalue weighted by Crippen LogP contribution is 2.22. The largest absolute Gasteiger partial charge is 0.461 e. The van der Waals surface area contributed by atoms with E-state index in [1.165, 1.54) is 24.5 Å². The number of alkyl halides is 2. The first-order chi connectivity index (χ1) is 8.93. The van der Waals surface area contributed by atoms with Crippen molar-refractivity contribution in [2.24, 2.45) is 0 Å².